The monoisotopic (exact) mass is 300 g/mol. The number of hydrogen-bond donors (Lipinski definition) is 2. The van der Waals surface area contributed by atoms with Gasteiger partial charge in [0.05, 0.1) is 6.04 Å². The maximum atomic E-state index is 11.5. The second-order valence-corrected chi connectivity index (χ2v) is 6.37. The van der Waals surface area contributed by atoms with Gasteiger partial charge in [-0.2, -0.15) is 0 Å². The fraction of sp³-hybridized carbons (Fsp3) is 0.353. The summed E-state index contributed by atoms with van der Waals surface area (Å²) >= 11 is 1.86. The third kappa shape index (κ3) is 3.27. The summed E-state index contributed by atoms with van der Waals surface area (Å²) < 4.78 is 0. The zero-order valence-corrected chi connectivity index (χ0v) is 13.0. The molecular formula is C17H20N2OS. The molecule has 0 saturated heterocycles. The molecule has 21 heavy (non-hydrogen) atoms. The van der Waals surface area contributed by atoms with E-state index >= 15 is 0 Å². The van der Waals surface area contributed by atoms with Crippen LogP contribution in [0.25, 0.3) is 0 Å². The van der Waals surface area contributed by atoms with Gasteiger partial charge in [-0.25, -0.2) is 0 Å². The minimum atomic E-state index is 0.0462. The fourth-order valence-corrected chi connectivity index (χ4v) is 3.76. The summed E-state index contributed by atoms with van der Waals surface area (Å²) in [5.41, 5.74) is 3.36. The summed E-state index contributed by atoms with van der Waals surface area (Å²) in [6.45, 7) is 1.86. The van der Waals surface area contributed by atoms with Crippen molar-refractivity contribution >= 4 is 28.6 Å². The van der Waals surface area contributed by atoms with Gasteiger partial charge in [0.1, 0.15) is 0 Å². The van der Waals surface area contributed by atoms with E-state index in [9.17, 15) is 4.79 Å². The Bertz CT molecular complexity index is 635. The average Bonchev–Trinajstić information content (AvgIpc) is 2.97. The number of fused-ring (bicyclic) bond motifs is 1. The molecule has 1 amide bonds. The lowest BCUT2D eigenvalue weighted by Crippen LogP contribution is -2.16. The van der Waals surface area contributed by atoms with E-state index in [0.717, 1.165) is 17.8 Å². The molecule has 0 saturated carbocycles. The number of nitrogens with one attached hydrogen (secondary N) is 2. The van der Waals surface area contributed by atoms with Crippen molar-refractivity contribution in [3.8, 4) is 0 Å². The van der Waals surface area contributed by atoms with E-state index in [2.05, 4.69) is 28.1 Å². The molecule has 1 aromatic heterocycles. The van der Waals surface area contributed by atoms with Crippen molar-refractivity contribution in [1.82, 2.24) is 0 Å². The predicted octanol–water partition coefficient (Wildman–Crippen LogP) is 4.59. The molecule has 0 spiro atoms. The second kappa shape index (κ2) is 6.31. The van der Waals surface area contributed by atoms with Crippen LogP contribution in [0.15, 0.2) is 35.7 Å². The molecule has 0 fully saturated rings. The number of anilines is 2. The van der Waals surface area contributed by atoms with Crippen molar-refractivity contribution < 1.29 is 4.79 Å². The smallest absolute Gasteiger partial charge is 0.224 e. The van der Waals surface area contributed by atoms with Gasteiger partial charge >= 0.3 is 0 Å². The SMILES string of the molecule is CCC(=O)Nc1cccc(NC2CCCc3sccc32)c1. The number of benzene rings is 1. The van der Waals surface area contributed by atoms with Crippen LogP contribution in [-0.2, 0) is 11.2 Å². The maximum Gasteiger partial charge on any atom is 0.224 e. The number of carbonyl (C=O) groups excluding carboxylic acids is 1. The van der Waals surface area contributed by atoms with Crippen LogP contribution in [-0.4, -0.2) is 5.91 Å². The lowest BCUT2D eigenvalue weighted by atomic mass is 9.94. The Hall–Kier alpha value is -1.81. The minimum Gasteiger partial charge on any atom is -0.378 e. The van der Waals surface area contributed by atoms with E-state index in [1.165, 1.54) is 23.3 Å². The van der Waals surface area contributed by atoms with Crippen LogP contribution < -0.4 is 10.6 Å². The highest BCUT2D eigenvalue weighted by Gasteiger charge is 2.20. The fourth-order valence-electron chi connectivity index (χ4n) is 2.77. The summed E-state index contributed by atoms with van der Waals surface area (Å²) in [5.74, 6) is 0.0462. The summed E-state index contributed by atoms with van der Waals surface area (Å²) in [5, 5.41) is 8.70. The number of aryl methyl sites for hydroxylation is 1. The highest BCUT2D eigenvalue weighted by molar-refractivity contribution is 7.10. The molecule has 4 heteroatoms. The van der Waals surface area contributed by atoms with Crippen LogP contribution in [0.3, 0.4) is 0 Å². The Morgan fingerprint density at radius 3 is 3.05 bits per heavy atom. The van der Waals surface area contributed by atoms with Gasteiger partial charge in [0.15, 0.2) is 0 Å². The van der Waals surface area contributed by atoms with Crippen molar-refractivity contribution in [2.45, 2.75) is 38.6 Å². The lowest BCUT2D eigenvalue weighted by molar-refractivity contribution is -0.115. The normalized spacial score (nSPS) is 17.1. The van der Waals surface area contributed by atoms with E-state index in [1.807, 2.05) is 36.5 Å². The number of rotatable bonds is 4. The van der Waals surface area contributed by atoms with Gasteiger partial charge in [-0.15, -0.1) is 11.3 Å². The largest absolute Gasteiger partial charge is 0.378 e. The second-order valence-electron chi connectivity index (χ2n) is 5.37. The van der Waals surface area contributed by atoms with Crippen molar-refractivity contribution in [3.63, 3.8) is 0 Å². The third-order valence-corrected chi connectivity index (χ3v) is 4.86. The first-order valence-corrected chi connectivity index (χ1v) is 8.37. The Kier molecular flexibility index (Phi) is 4.25. The van der Waals surface area contributed by atoms with Crippen LogP contribution >= 0.6 is 11.3 Å². The topological polar surface area (TPSA) is 41.1 Å². The van der Waals surface area contributed by atoms with E-state index in [1.54, 1.807) is 0 Å². The van der Waals surface area contributed by atoms with Gasteiger partial charge in [0.2, 0.25) is 5.91 Å². The first-order valence-electron chi connectivity index (χ1n) is 7.49. The number of thiophene rings is 1. The molecule has 2 aromatic rings. The number of carbonyl (C=O) groups is 1. The van der Waals surface area contributed by atoms with Crippen molar-refractivity contribution in [3.05, 3.63) is 46.2 Å². The van der Waals surface area contributed by atoms with Crippen molar-refractivity contribution in [2.24, 2.45) is 0 Å². The highest BCUT2D eigenvalue weighted by Crippen LogP contribution is 2.35. The maximum absolute atomic E-state index is 11.5. The van der Waals surface area contributed by atoms with Gasteiger partial charge in [-0.1, -0.05) is 13.0 Å². The number of amides is 1. The zero-order chi connectivity index (χ0) is 14.7. The first kappa shape index (κ1) is 14.1. The molecule has 1 aliphatic carbocycles. The summed E-state index contributed by atoms with van der Waals surface area (Å²) in [6, 6.07) is 10.6. The van der Waals surface area contributed by atoms with E-state index in [-0.39, 0.29) is 5.91 Å². The summed E-state index contributed by atoms with van der Waals surface area (Å²) in [7, 11) is 0. The average molecular weight is 300 g/mol. The van der Waals surface area contributed by atoms with Crippen LogP contribution in [0.2, 0.25) is 0 Å². The molecule has 1 aliphatic rings. The molecule has 1 aromatic carbocycles. The van der Waals surface area contributed by atoms with Crippen LogP contribution in [0, 0.1) is 0 Å². The minimum absolute atomic E-state index is 0.0462. The molecule has 0 radical (unpaired) electrons. The Morgan fingerprint density at radius 1 is 1.33 bits per heavy atom. The lowest BCUT2D eigenvalue weighted by Gasteiger charge is -2.25. The molecule has 1 unspecified atom stereocenters. The molecule has 3 nitrogen and oxygen atoms in total. The van der Waals surface area contributed by atoms with E-state index < -0.39 is 0 Å². The zero-order valence-electron chi connectivity index (χ0n) is 12.2. The third-order valence-electron chi connectivity index (χ3n) is 3.86. The van der Waals surface area contributed by atoms with Crippen LogP contribution in [0.5, 0.6) is 0 Å². The summed E-state index contributed by atoms with van der Waals surface area (Å²) in [4.78, 5) is 13.0. The molecule has 1 heterocycles. The van der Waals surface area contributed by atoms with Gasteiger partial charge in [-0.3, -0.25) is 4.79 Å². The van der Waals surface area contributed by atoms with E-state index in [4.69, 9.17) is 0 Å². The van der Waals surface area contributed by atoms with Crippen LogP contribution in [0.4, 0.5) is 11.4 Å². The van der Waals surface area contributed by atoms with Crippen LogP contribution in [0.1, 0.15) is 42.7 Å². The molecule has 110 valence electrons. The summed E-state index contributed by atoms with van der Waals surface area (Å²) in [6.07, 6.45) is 4.10. The van der Waals surface area contributed by atoms with Gasteiger partial charge < -0.3 is 10.6 Å². The molecule has 2 N–H and O–H groups in total. The predicted molar refractivity (Wildman–Crippen MR) is 89.0 cm³/mol. The van der Waals surface area contributed by atoms with Crippen molar-refractivity contribution in [2.75, 3.05) is 10.6 Å². The Morgan fingerprint density at radius 2 is 2.19 bits per heavy atom. The van der Waals surface area contributed by atoms with Crippen molar-refractivity contribution in [1.29, 1.82) is 0 Å². The molecule has 0 aliphatic heterocycles. The molecular weight excluding hydrogens is 280 g/mol. The molecule has 1 atom stereocenters. The molecule has 3 rings (SSSR count). The Labute approximate surface area is 129 Å². The quantitative estimate of drug-likeness (QED) is 0.867. The van der Waals surface area contributed by atoms with E-state index in [0.29, 0.717) is 12.5 Å². The first-order chi connectivity index (χ1) is 10.3. The highest BCUT2D eigenvalue weighted by atomic mass is 32.1. The molecule has 0 bridgehead atoms. The van der Waals surface area contributed by atoms with Gasteiger partial charge in [0.25, 0.3) is 0 Å². The standard InChI is InChI=1S/C17H20N2OS/c1-2-17(20)19-13-6-3-5-12(11-13)18-15-7-4-8-16-14(15)9-10-21-16/h3,5-6,9-11,15,18H,2,4,7-8H2,1H3,(H,19,20). The number of hydrogen-bond acceptors (Lipinski definition) is 3. The van der Waals surface area contributed by atoms with Gasteiger partial charge in [0, 0.05) is 22.7 Å². The van der Waals surface area contributed by atoms with Gasteiger partial charge in [-0.05, 0) is 54.5 Å². The Balaban J connectivity index is 1.74.